The van der Waals surface area contributed by atoms with Gasteiger partial charge in [0.25, 0.3) is 0 Å². The molecule has 1 aliphatic rings. The van der Waals surface area contributed by atoms with Gasteiger partial charge in [-0.2, -0.15) is 0 Å². The lowest BCUT2D eigenvalue weighted by atomic mass is 10.0. The van der Waals surface area contributed by atoms with Crippen LogP contribution in [0.1, 0.15) is 22.2 Å². The van der Waals surface area contributed by atoms with Gasteiger partial charge in [0.15, 0.2) is 0 Å². The van der Waals surface area contributed by atoms with Crippen molar-refractivity contribution in [1.82, 2.24) is 15.2 Å². The van der Waals surface area contributed by atoms with Crippen molar-refractivity contribution in [3.8, 4) is 0 Å². The average Bonchev–Trinajstić information content (AvgIpc) is 2.91. The summed E-state index contributed by atoms with van der Waals surface area (Å²) in [5, 5.41) is 4.31. The highest BCUT2D eigenvalue weighted by molar-refractivity contribution is 7.09. The minimum Gasteiger partial charge on any atom is -0.314 e. The van der Waals surface area contributed by atoms with E-state index in [4.69, 9.17) is 11.6 Å². The predicted molar refractivity (Wildman–Crippen MR) is 104 cm³/mol. The van der Waals surface area contributed by atoms with Crippen LogP contribution < -0.4 is 5.32 Å². The average molecular weight is 395 g/mol. The maximum Gasteiger partial charge on any atom is 0.0797 e. The van der Waals surface area contributed by atoms with Gasteiger partial charge < -0.3 is 5.32 Å². The minimum atomic E-state index is 0. The monoisotopic (exact) mass is 393 g/mol. The normalized spacial score (nSPS) is 18.1. The first-order valence-electron chi connectivity index (χ1n) is 7.33. The highest BCUT2D eigenvalue weighted by Gasteiger charge is 2.23. The van der Waals surface area contributed by atoms with E-state index in [0.29, 0.717) is 6.04 Å². The number of piperazine rings is 1. The van der Waals surface area contributed by atoms with Crippen LogP contribution >= 0.6 is 47.8 Å². The molecule has 0 spiro atoms. The number of nitrogens with zero attached hydrogens (tertiary/aromatic N) is 2. The molecular formula is C16H22Cl3N3S. The fourth-order valence-electron chi connectivity index (χ4n) is 2.87. The van der Waals surface area contributed by atoms with Gasteiger partial charge in [0.05, 0.1) is 11.2 Å². The topological polar surface area (TPSA) is 28.2 Å². The van der Waals surface area contributed by atoms with Crippen LogP contribution in [-0.2, 0) is 6.42 Å². The number of thiazole rings is 1. The molecule has 2 aromatic rings. The van der Waals surface area contributed by atoms with Crippen LogP contribution in [0.25, 0.3) is 0 Å². The van der Waals surface area contributed by atoms with Gasteiger partial charge in [0, 0.05) is 42.1 Å². The number of nitrogens with one attached hydrogen (secondary N) is 1. The van der Waals surface area contributed by atoms with Gasteiger partial charge in [-0.25, -0.2) is 4.98 Å². The Bertz CT molecular complexity index is 606. The summed E-state index contributed by atoms with van der Waals surface area (Å²) in [4.78, 5) is 8.30. The van der Waals surface area contributed by atoms with E-state index >= 15 is 0 Å². The molecule has 0 saturated carbocycles. The van der Waals surface area contributed by atoms with Gasteiger partial charge >= 0.3 is 0 Å². The molecule has 0 bridgehead atoms. The molecule has 1 saturated heterocycles. The fraction of sp³-hybridized carbons (Fsp3) is 0.438. The van der Waals surface area contributed by atoms with Crippen LogP contribution in [0.15, 0.2) is 29.8 Å². The van der Waals surface area contributed by atoms with E-state index < -0.39 is 0 Å². The number of aromatic nitrogens is 1. The molecule has 1 aliphatic heterocycles. The molecule has 1 aromatic heterocycles. The third kappa shape index (κ3) is 5.31. The highest BCUT2D eigenvalue weighted by atomic mass is 35.5. The van der Waals surface area contributed by atoms with Crippen LogP contribution in [0, 0.1) is 6.92 Å². The second-order valence-electron chi connectivity index (χ2n) is 5.42. The number of benzene rings is 1. The lowest BCUT2D eigenvalue weighted by Crippen LogP contribution is -2.46. The first-order chi connectivity index (χ1) is 10.2. The van der Waals surface area contributed by atoms with Crippen molar-refractivity contribution in [2.24, 2.45) is 0 Å². The number of hydrogen-bond acceptors (Lipinski definition) is 4. The molecule has 1 aromatic carbocycles. The Labute approximate surface area is 159 Å². The molecule has 1 atom stereocenters. The molecule has 3 rings (SSSR count). The van der Waals surface area contributed by atoms with Gasteiger partial charge in [0.1, 0.15) is 0 Å². The lowest BCUT2D eigenvalue weighted by Gasteiger charge is -2.36. The van der Waals surface area contributed by atoms with Crippen molar-refractivity contribution < 1.29 is 0 Å². The van der Waals surface area contributed by atoms with Crippen molar-refractivity contribution in [2.75, 3.05) is 26.2 Å². The molecule has 0 radical (unpaired) electrons. The summed E-state index contributed by atoms with van der Waals surface area (Å²) in [5.74, 6) is 0. The Hall–Kier alpha value is -0.360. The van der Waals surface area contributed by atoms with E-state index in [0.717, 1.165) is 37.6 Å². The number of aryl methyl sites for hydroxylation is 1. The summed E-state index contributed by atoms with van der Waals surface area (Å²) in [6.45, 7) is 6.29. The number of hydrogen-bond donors (Lipinski definition) is 1. The van der Waals surface area contributed by atoms with Crippen LogP contribution in [0.2, 0.25) is 5.02 Å². The molecule has 0 aliphatic carbocycles. The van der Waals surface area contributed by atoms with Crippen LogP contribution in [0.3, 0.4) is 0 Å². The summed E-state index contributed by atoms with van der Waals surface area (Å²) in [5.41, 5.74) is 4.42. The van der Waals surface area contributed by atoms with Crippen molar-refractivity contribution in [2.45, 2.75) is 19.4 Å². The molecular weight excluding hydrogens is 373 g/mol. The van der Waals surface area contributed by atoms with Gasteiger partial charge in [-0.15, -0.1) is 36.2 Å². The second kappa shape index (κ2) is 9.82. The van der Waals surface area contributed by atoms with E-state index in [1.165, 1.54) is 16.1 Å². The Morgan fingerprint density at radius 1 is 1.39 bits per heavy atom. The van der Waals surface area contributed by atoms with Crippen molar-refractivity contribution in [3.63, 3.8) is 0 Å². The van der Waals surface area contributed by atoms with E-state index in [-0.39, 0.29) is 24.8 Å². The van der Waals surface area contributed by atoms with E-state index in [2.05, 4.69) is 34.3 Å². The standard InChI is InChI=1S/C16H20ClN3S.2ClH/c1-12-16(21-11-19-12)5-7-20-8-6-18-10-15(20)13-3-2-4-14(17)9-13;;/h2-4,9,11,15,18H,5-8,10H2,1H3;2*1H. The molecule has 128 valence electrons. The van der Waals surface area contributed by atoms with Gasteiger partial charge in [-0.05, 0) is 31.0 Å². The summed E-state index contributed by atoms with van der Waals surface area (Å²) < 4.78 is 0. The summed E-state index contributed by atoms with van der Waals surface area (Å²) in [6.07, 6.45) is 1.08. The largest absolute Gasteiger partial charge is 0.314 e. The predicted octanol–water partition coefficient (Wildman–Crippen LogP) is 4.14. The highest BCUT2D eigenvalue weighted by Crippen LogP contribution is 2.25. The third-order valence-corrected chi connectivity index (χ3v) is 5.29. The maximum atomic E-state index is 6.15. The summed E-state index contributed by atoms with van der Waals surface area (Å²) in [7, 11) is 0. The van der Waals surface area contributed by atoms with Gasteiger partial charge in [-0.3, -0.25) is 4.90 Å². The first-order valence-corrected chi connectivity index (χ1v) is 8.59. The maximum absolute atomic E-state index is 6.15. The van der Waals surface area contributed by atoms with E-state index in [1.807, 2.05) is 17.6 Å². The zero-order valence-electron chi connectivity index (χ0n) is 13.0. The first kappa shape index (κ1) is 20.7. The zero-order chi connectivity index (χ0) is 14.7. The second-order valence-corrected chi connectivity index (χ2v) is 6.80. The van der Waals surface area contributed by atoms with Gasteiger partial charge in [-0.1, -0.05) is 23.7 Å². The van der Waals surface area contributed by atoms with Gasteiger partial charge in [0.2, 0.25) is 0 Å². The Balaban J connectivity index is 0.00000132. The van der Waals surface area contributed by atoms with E-state index in [9.17, 15) is 0 Å². The number of halogens is 3. The van der Waals surface area contributed by atoms with Crippen LogP contribution in [-0.4, -0.2) is 36.1 Å². The molecule has 1 N–H and O–H groups in total. The quantitative estimate of drug-likeness (QED) is 0.845. The SMILES string of the molecule is Cc1ncsc1CCN1CCNCC1c1cccc(Cl)c1.Cl.Cl. The Kier molecular flexibility index (Phi) is 8.83. The van der Waals surface area contributed by atoms with E-state index in [1.54, 1.807) is 11.3 Å². The smallest absolute Gasteiger partial charge is 0.0797 e. The summed E-state index contributed by atoms with van der Waals surface area (Å²) >= 11 is 7.91. The number of rotatable bonds is 4. The lowest BCUT2D eigenvalue weighted by molar-refractivity contribution is 0.164. The Morgan fingerprint density at radius 2 is 2.22 bits per heavy atom. The van der Waals surface area contributed by atoms with Crippen molar-refractivity contribution in [1.29, 1.82) is 0 Å². The third-order valence-electron chi connectivity index (χ3n) is 4.06. The zero-order valence-corrected chi connectivity index (χ0v) is 16.2. The molecule has 1 unspecified atom stereocenters. The molecule has 7 heteroatoms. The summed E-state index contributed by atoms with van der Waals surface area (Å²) in [6, 6.07) is 8.65. The van der Waals surface area contributed by atoms with Crippen LogP contribution in [0.5, 0.6) is 0 Å². The van der Waals surface area contributed by atoms with Crippen LogP contribution in [0.4, 0.5) is 0 Å². The minimum absolute atomic E-state index is 0. The molecule has 3 nitrogen and oxygen atoms in total. The molecule has 2 heterocycles. The van der Waals surface area contributed by atoms with Crippen molar-refractivity contribution in [3.05, 3.63) is 50.9 Å². The molecule has 1 fully saturated rings. The fourth-order valence-corrected chi connectivity index (χ4v) is 3.84. The van der Waals surface area contributed by atoms with Crippen molar-refractivity contribution >= 4 is 47.8 Å². The molecule has 23 heavy (non-hydrogen) atoms. The Morgan fingerprint density at radius 3 is 2.91 bits per heavy atom. The molecule has 0 amide bonds.